The summed E-state index contributed by atoms with van der Waals surface area (Å²) in [7, 11) is 1.94. The van der Waals surface area contributed by atoms with Gasteiger partial charge in [0.1, 0.15) is 5.56 Å². The number of carbonyl (C=O) groups is 1. The van der Waals surface area contributed by atoms with Crippen molar-refractivity contribution in [3.8, 4) is 5.69 Å². The predicted octanol–water partition coefficient (Wildman–Crippen LogP) is 2.71. The molecule has 2 N–H and O–H groups in total. The number of allylic oxidation sites excluding steroid dienone is 1. The monoisotopic (exact) mass is 417 g/mol. The number of nitrogens with one attached hydrogen (secondary N) is 2. The molecule has 1 aliphatic carbocycles. The van der Waals surface area contributed by atoms with Crippen molar-refractivity contribution < 1.29 is 9.53 Å². The molecule has 7 nitrogen and oxygen atoms in total. The second kappa shape index (κ2) is 6.77. The summed E-state index contributed by atoms with van der Waals surface area (Å²) in [5.41, 5.74) is 9.71. The molecule has 1 fully saturated rings. The highest BCUT2D eigenvalue weighted by Gasteiger charge is 2.46. The van der Waals surface area contributed by atoms with Gasteiger partial charge in [-0.1, -0.05) is 22.0 Å². The number of ether oxygens (including phenoxy) is 1. The first-order valence-corrected chi connectivity index (χ1v) is 9.35. The fourth-order valence-corrected chi connectivity index (χ4v) is 3.74. The van der Waals surface area contributed by atoms with E-state index >= 15 is 0 Å². The van der Waals surface area contributed by atoms with E-state index in [0.29, 0.717) is 18.1 Å². The van der Waals surface area contributed by atoms with Gasteiger partial charge in [0.05, 0.1) is 24.2 Å². The molecule has 1 saturated carbocycles. The van der Waals surface area contributed by atoms with Crippen molar-refractivity contribution in [2.24, 2.45) is 5.92 Å². The van der Waals surface area contributed by atoms with Crippen molar-refractivity contribution in [3.05, 3.63) is 58.1 Å². The van der Waals surface area contributed by atoms with E-state index in [1.807, 2.05) is 54.1 Å². The lowest BCUT2D eigenvalue weighted by Crippen LogP contribution is -2.33. The van der Waals surface area contributed by atoms with Crippen molar-refractivity contribution in [1.82, 2.24) is 25.7 Å². The van der Waals surface area contributed by atoms with E-state index in [9.17, 15) is 4.79 Å². The number of halogens is 1. The number of esters is 1. The molecule has 0 amide bonds. The molecule has 26 heavy (non-hydrogen) atoms. The zero-order chi connectivity index (χ0) is 18.3. The van der Waals surface area contributed by atoms with Crippen molar-refractivity contribution in [2.45, 2.75) is 19.3 Å². The van der Waals surface area contributed by atoms with E-state index in [2.05, 4.69) is 32.0 Å². The third-order valence-electron chi connectivity index (χ3n) is 4.61. The number of aromatic nitrogens is 2. The van der Waals surface area contributed by atoms with Gasteiger partial charge in [0, 0.05) is 35.3 Å². The van der Waals surface area contributed by atoms with E-state index in [4.69, 9.17) is 4.74 Å². The molecular formula is C18H20BrN5O2. The zero-order valence-corrected chi connectivity index (χ0v) is 16.2. The zero-order valence-electron chi connectivity index (χ0n) is 14.6. The van der Waals surface area contributed by atoms with E-state index < -0.39 is 0 Å². The smallest absolute Gasteiger partial charge is 0.341 e. The Hall–Kier alpha value is -2.32. The van der Waals surface area contributed by atoms with E-state index in [1.165, 1.54) is 0 Å². The highest BCUT2D eigenvalue weighted by Crippen LogP contribution is 2.52. The maximum atomic E-state index is 12.5. The molecule has 4 rings (SSSR count). The van der Waals surface area contributed by atoms with Crippen LogP contribution in [0.25, 0.3) is 5.69 Å². The Balaban J connectivity index is 1.72. The van der Waals surface area contributed by atoms with Crippen LogP contribution in [0.4, 0.5) is 0 Å². The van der Waals surface area contributed by atoms with Gasteiger partial charge in [0.15, 0.2) is 0 Å². The van der Waals surface area contributed by atoms with Gasteiger partial charge in [-0.25, -0.2) is 9.48 Å². The number of hydrogen-bond acceptors (Lipinski definition) is 6. The summed E-state index contributed by atoms with van der Waals surface area (Å²) in [6.45, 7) is 2.15. The Morgan fingerprint density at radius 3 is 2.96 bits per heavy atom. The molecule has 0 saturated heterocycles. The van der Waals surface area contributed by atoms with Gasteiger partial charge >= 0.3 is 5.97 Å². The normalized spacial score (nSPS) is 21.3. The molecule has 1 aromatic carbocycles. The van der Waals surface area contributed by atoms with Gasteiger partial charge in [0.25, 0.3) is 0 Å². The molecule has 0 spiro atoms. The van der Waals surface area contributed by atoms with Crippen molar-refractivity contribution in [1.29, 1.82) is 0 Å². The number of hydrogen-bond donors (Lipinski definition) is 2. The van der Waals surface area contributed by atoms with Crippen LogP contribution in [-0.2, 0) is 4.74 Å². The van der Waals surface area contributed by atoms with Crippen LogP contribution in [0.1, 0.15) is 35.3 Å². The number of rotatable bonds is 5. The maximum absolute atomic E-state index is 12.5. The van der Waals surface area contributed by atoms with Crippen LogP contribution in [0.2, 0.25) is 0 Å². The van der Waals surface area contributed by atoms with E-state index in [1.54, 1.807) is 6.20 Å². The molecule has 2 aromatic rings. The van der Waals surface area contributed by atoms with E-state index in [0.717, 1.165) is 28.0 Å². The minimum Gasteiger partial charge on any atom is -0.462 e. The van der Waals surface area contributed by atoms with Gasteiger partial charge in [0.2, 0.25) is 0 Å². The molecule has 0 bridgehead atoms. The van der Waals surface area contributed by atoms with Crippen molar-refractivity contribution >= 4 is 21.9 Å². The second-order valence-electron chi connectivity index (χ2n) is 6.44. The molecule has 136 valence electrons. The lowest BCUT2D eigenvalue weighted by Gasteiger charge is -2.10. The standard InChI is InChI=1S/C18H20BrN5O2/c1-3-26-18(25)15-9-20-24(12-6-4-5-11(19)7-12)17(15)14-8-13(14)16-10-23(2)22-21-16/h4-7,9-10,13-14,21-22H,3,8H2,1-2H3/t13-,14-/m1/s1. The fraction of sp³-hybridized carbons (Fsp3) is 0.333. The molecule has 2 atom stereocenters. The summed E-state index contributed by atoms with van der Waals surface area (Å²) in [4.78, 5) is 12.5. The third-order valence-corrected chi connectivity index (χ3v) is 5.10. The fourth-order valence-electron chi connectivity index (χ4n) is 3.35. The average Bonchev–Trinajstić information content (AvgIpc) is 3.07. The summed E-state index contributed by atoms with van der Waals surface area (Å²) in [6.07, 6.45) is 4.61. The third kappa shape index (κ3) is 3.10. The molecule has 2 heterocycles. The van der Waals surface area contributed by atoms with Gasteiger partial charge < -0.3 is 10.2 Å². The minimum absolute atomic E-state index is 0.211. The predicted molar refractivity (Wildman–Crippen MR) is 100 cm³/mol. The Morgan fingerprint density at radius 2 is 2.27 bits per heavy atom. The summed E-state index contributed by atoms with van der Waals surface area (Å²) < 4.78 is 8.07. The first kappa shape index (κ1) is 17.1. The molecule has 1 aliphatic heterocycles. The van der Waals surface area contributed by atoms with Crippen molar-refractivity contribution in [3.63, 3.8) is 0 Å². The Labute approximate surface area is 160 Å². The van der Waals surface area contributed by atoms with Crippen LogP contribution in [0.15, 0.2) is 46.8 Å². The number of benzene rings is 1. The highest BCUT2D eigenvalue weighted by molar-refractivity contribution is 9.10. The van der Waals surface area contributed by atoms with Gasteiger partial charge in [-0.3, -0.25) is 5.01 Å². The lowest BCUT2D eigenvalue weighted by atomic mass is 10.1. The number of hydrazine groups is 2. The van der Waals surface area contributed by atoms with Gasteiger partial charge in [-0.05, 0) is 31.5 Å². The molecular weight excluding hydrogens is 398 g/mol. The van der Waals surface area contributed by atoms with Crippen LogP contribution >= 0.6 is 15.9 Å². The Kier molecular flexibility index (Phi) is 4.46. The van der Waals surface area contributed by atoms with E-state index in [-0.39, 0.29) is 11.9 Å². The first-order valence-electron chi connectivity index (χ1n) is 8.55. The van der Waals surface area contributed by atoms with Crippen LogP contribution in [-0.4, -0.2) is 34.4 Å². The molecule has 8 heteroatoms. The largest absolute Gasteiger partial charge is 0.462 e. The molecule has 0 radical (unpaired) electrons. The summed E-state index contributed by atoms with van der Waals surface area (Å²) in [5.74, 6) is 0.212. The highest BCUT2D eigenvalue weighted by atomic mass is 79.9. The average molecular weight is 418 g/mol. The van der Waals surface area contributed by atoms with Crippen LogP contribution in [0.5, 0.6) is 0 Å². The number of carbonyl (C=O) groups excluding carboxylic acids is 1. The molecule has 1 aromatic heterocycles. The minimum atomic E-state index is -0.321. The van der Waals surface area contributed by atoms with Crippen LogP contribution in [0.3, 0.4) is 0 Å². The summed E-state index contributed by atoms with van der Waals surface area (Å²) >= 11 is 3.50. The van der Waals surface area contributed by atoms with Crippen LogP contribution < -0.4 is 11.0 Å². The lowest BCUT2D eigenvalue weighted by molar-refractivity contribution is 0.0525. The first-order chi connectivity index (χ1) is 12.6. The topological polar surface area (TPSA) is 71.4 Å². The molecule has 0 unspecified atom stereocenters. The van der Waals surface area contributed by atoms with Gasteiger partial charge in [-0.2, -0.15) is 5.10 Å². The maximum Gasteiger partial charge on any atom is 0.341 e. The summed E-state index contributed by atoms with van der Waals surface area (Å²) in [6, 6.07) is 7.90. The van der Waals surface area contributed by atoms with Gasteiger partial charge in [-0.15, -0.1) is 5.53 Å². The van der Waals surface area contributed by atoms with Crippen LogP contribution in [0, 0.1) is 5.92 Å². The molecule has 2 aliphatic rings. The number of nitrogens with zero attached hydrogens (tertiary/aromatic N) is 3. The SMILES string of the molecule is CCOC(=O)c1cnn(-c2cccc(Br)c2)c1[C@@H]1C[C@H]1C1=CN(C)NN1. The Morgan fingerprint density at radius 1 is 1.42 bits per heavy atom. The Bertz CT molecular complexity index is 878. The van der Waals surface area contributed by atoms with Crippen molar-refractivity contribution in [2.75, 3.05) is 13.7 Å². The summed E-state index contributed by atoms with van der Waals surface area (Å²) in [5, 5.41) is 6.37. The quantitative estimate of drug-likeness (QED) is 0.728. The second-order valence-corrected chi connectivity index (χ2v) is 7.35.